The van der Waals surface area contributed by atoms with Crippen LogP contribution in [0.25, 0.3) is 11.0 Å². The Morgan fingerprint density at radius 1 is 1.22 bits per heavy atom. The first kappa shape index (κ1) is 18.0. The van der Waals surface area contributed by atoms with E-state index in [2.05, 4.69) is 15.9 Å². The summed E-state index contributed by atoms with van der Waals surface area (Å²) in [5.41, 5.74) is 1.58. The molecular formula is C17H22BrNO4. The molecule has 0 saturated carbocycles. The molecule has 23 heavy (non-hydrogen) atoms. The van der Waals surface area contributed by atoms with Gasteiger partial charge in [0.2, 0.25) is 0 Å². The van der Waals surface area contributed by atoms with Gasteiger partial charge >= 0.3 is 0 Å². The van der Waals surface area contributed by atoms with E-state index in [1.165, 1.54) is 0 Å². The summed E-state index contributed by atoms with van der Waals surface area (Å²) in [6.07, 6.45) is 0.775. The van der Waals surface area contributed by atoms with E-state index >= 15 is 0 Å². The zero-order valence-electron chi connectivity index (χ0n) is 13.7. The zero-order chi connectivity index (χ0) is 16.8. The first-order valence-electron chi connectivity index (χ1n) is 7.54. The minimum absolute atomic E-state index is 0.108. The minimum Gasteiger partial charge on any atom is -0.451 e. The van der Waals surface area contributed by atoms with Crippen molar-refractivity contribution in [3.05, 3.63) is 34.0 Å². The predicted octanol–water partition coefficient (Wildman–Crippen LogP) is 3.63. The highest BCUT2D eigenvalue weighted by atomic mass is 79.9. The maximum atomic E-state index is 12.8. The third-order valence-electron chi connectivity index (χ3n) is 3.72. The van der Waals surface area contributed by atoms with E-state index in [1.807, 2.05) is 25.1 Å². The van der Waals surface area contributed by atoms with Crippen LogP contribution < -0.4 is 0 Å². The number of hydrogen-bond acceptors (Lipinski definition) is 4. The molecule has 2 aromatic rings. The SMILES string of the molecule is COCCCN(CCOC)C(=O)c1oc2ccc(Br)cc2c1C. The van der Waals surface area contributed by atoms with E-state index in [0.29, 0.717) is 32.1 Å². The van der Waals surface area contributed by atoms with Crippen molar-refractivity contribution in [3.63, 3.8) is 0 Å². The van der Waals surface area contributed by atoms with E-state index in [0.717, 1.165) is 27.4 Å². The van der Waals surface area contributed by atoms with Gasteiger partial charge in [-0.2, -0.15) is 0 Å². The number of carbonyl (C=O) groups excluding carboxylic acids is 1. The van der Waals surface area contributed by atoms with E-state index in [1.54, 1.807) is 19.1 Å². The lowest BCUT2D eigenvalue weighted by Crippen LogP contribution is -2.35. The monoisotopic (exact) mass is 383 g/mol. The summed E-state index contributed by atoms with van der Waals surface area (Å²) in [4.78, 5) is 14.6. The lowest BCUT2D eigenvalue weighted by molar-refractivity contribution is 0.0645. The molecular weight excluding hydrogens is 362 g/mol. The van der Waals surface area contributed by atoms with E-state index < -0.39 is 0 Å². The number of aryl methyl sites for hydroxylation is 1. The molecule has 2 rings (SSSR count). The van der Waals surface area contributed by atoms with Crippen molar-refractivity contribution in [3.8, 4) is 0 Å². The second-order valence-electron chi connectivity index (χ2n) is 5.33. The summed E-state index contributed by atoms with van der Waals surface area (Å²) >= 11 is 3.45. The van der Waals surface area contributed by atoms with Crippen LogP contribution in [-0.4, -0.2) is 51.3 Å². The van der Waals surface area contributed by atoms with Gasteiger partial charge in [-0.3, -0.25) is 4.79 Å². The van der Waals surface area contributed by atoms with Crippen molar-refractivity contribution in [2.75, 3.05) is 40.5 Å². The fourth-order valence-electron chi connectivity index (χ4n) is 2.46. The highest BCUT2D eigenvalue weighted by molar-refractivity contribution is 9.10. The van der Waals surface area contributed by atoms with Crippen LogP contribution in [0, 0.1) is 6.92 Å². The quantitative estimate of drug-likeness (QED) is 0.653. The number of fused-ring (bicyclic) bond motifs is 1. The van der Waals surface area contributed by atoms with Crippen LogP contribution in [0.4, 0.5) is 0 Å². The summed E-state index contributed by atoms with van der Waals surface area (Å²) in [7, 11) is 3.28. The molecule has 0 radical (unpaired) electrons. The number of ether oxygens (including phenoxy) is 2. The van der Waals surface area contributed by atoms with Gasteiger partial charge in [0.05, 0.1) is 6.61 Å². The van der Waals surface area contributed by atoms with Crippen molar-refractivity contribution < 1.29 is 18.7 Å². The van der Waals surface area contributed by atoms with Crippen LogP contribution in [-0.2, 0) is 9.47 Å². The number of rotatable bonds is 8. The summed E-state index contributed by atoms with van der Waals surface area (Å²) in [6.45, 7) is 4.15. The van der Waals surface area contributed by atoms with Crippen molar-refractivity contribution >= 4 is 32.8 Å². The average Bonchev–Trinajstić information content (AvgIpc) is 2.87. The van der Waals surface area contributed by atoms with E-state index in [4.69, 9.17) is 13.9 Å². The number of methoxy groups -OCH3 is 2. The van der Waals surface area contributed by atoms with E-state index in [-0.39, 0.29) is 5.91 Å². The van der Waals surface area contributed by atoms with Crippen molar-refractivity contribution in [2.24, 2.45) is 0 Å². The van der Waals surface area contributed by atoms with Crippen molar-refractivity contribution in [1.29, 1.82) is 0 Å². The summed E-state index contributed by atoms with van der Waals surface area (Å²) in [5.74, 6) is 0.287. The topological polar surface area (TPSA) is 51.9 Å². The van der Waals surface area contributed by atoms with E-state index in [9.17, 15) is 4.79 Å². The van der Waals surface area contributed by atoms with Gasteiger partial charge in [-0.05, 0) is 31.5 Å². The van der Waals surface area contributed by atoms with Gasteiger partial charge in [0.25, 0.3) is 5.91 Å². The number of amides is 1. The molecule has 1 heterocycles. The molecule has 0 bridgehead atoms. The van der Waals surface area contributed by atoms with Crippen molar-refractivity contribution in [1.82, 2.24) is 4.90 Å². The number of nitrogens with zero attached hydrogens (tertiary/aromatic N) is 1. The predicted molar refractivity (Wildman–Crippen MR) is 92.9 cm³/mol. The third-order valence-corrected chi connectivity index (χ3v) is 4.21. The van der Waals surface area contributed by atoms with Gasteiger partial charge in [-0.25, -0.2) is 0 Å². The van der Waals surface area contributed by atoms with Gasteiger partial charge in [-0.1, -0.05) is 15.9 Å². The Hall–Kier alpha value is -1.37. The second-order valence-corrected chi connectivity index (χ2v) is 6.24. The van der Waals surface area contributed by atoms with Gasteiger partial charge < -0.3 is 18.8 Å². The Morgan fingerprint density at radius 2 is 1.96 bits per heavy atom. The molecule has 0 aliphatic carbocycles. The van der Waals surface area contributed by atoms with Gasteiger partial charge in [-0.15, -0.1) is 0 Å². The second kappa shape index (κ2) is 8.47. The van der Waals surface area contributed by atoms with Gasteiger partial charge in [0, 0.05) is 49.3 Å². The Kier molecular flexibility index (Phi) is 6.62. The molecule has 1 aromatic carbocycles. The highest BCUT2D eigenvalue weighted by Crippen LogP contribution is 2.28. The first-order chi connectivity index (χ1) is 11.1. The summed E-state index contributed by atoms with van der Waals surface area (Å²) in [5, 5.41) is 0.950. The van der Waals surface area contributed by atoms with Gasteiger partial charge in [0.15, 0.2) is 5.76 Å². The molecule has 6 heteroatoms. The summed E-state index contributed by atoms with van der Waals surface area (Å²) < 4.78 is 16.9. The molecule has 0 fully saturated rings. The molecule has 0 spiro atoms. The number of furan rings is 1. The molecule has 0 aliphatic heterocycles. The normalized spacial score (nSPS) is 11.1. The Balaban J connectivity index is 2.25. The van der Waals surface area contributed by atoms with Crippen LogP contribution in [0.1, 0.15) is 22.5 Å². The van der Waals surface area contributed by atoms with Crippen molar-refractivity contribution in [2.45, 2.75) is 13.3 Å². The Morgan fingerprint density at radius 3 is 2.65 bits per heavy atom. The lowest BCUT2D eigenvalue weighted by Gasteiger charge is -2.21. The maximum absolute atomic E-state index is 12.8. The molecule has 1 aromatic heterocycles. The largest absolute Gasteiger partial charge is 0.451 e. The molecule has 0 saturated heterocycles. The Bertz CT molecular complexity index is 668. The zero-order valence-corrected chi connectivity index (χ0v) is 15.3. The van der Waals surface area contributed by atoms with Gasteiger partial charge in [0.1, 0.15) is 5.58 Å². The molecule has 0 aliphatic rings. The molecule has 0 atom stereocenters. The van der Waals surface area contributed by atoms with Crippen LogP contribution in [0.3, 0.4) is 0 Å². The Labute approximate surface area is 144 Å². The standard InChI is InChI=1S/C17H22BrNO4/c1-12-14-11-13(18)5-6-15(14)23-16(12)17(20)19(8-10-22-3)7-4-9-21-2/h5-6,11H,4,7-10H2,1-3H3. The molecule has 126 valence electrons. The molecule has 5 nitrogen and oxygen atoms in total. The van der Waals surface area contributed by atoms with Crippen LogP contribution >= 0.6 is 15.9 Å². The minimum atomic E-state index is -0.108. The highest BCUT2D eigenvalue weighted by Gasteiger charge is 2.23. The smallest absolute Gasteiger partial charge is 0.289 e. The fraction of sp³-hybridized carbons (Fsp3) is 0.471. The molecule has 0 N–H and O–H groups in total. The summed E-state index contributed by atoms with van der Waals surface area (Å²) in [6, 6.07) is 5.74. The third kappa shape index (κ3) is 4.34. The number of carbonyl (C=O) groups is 1. The number of hydrogen-bond donors (Lipinski definition) is 0. The molecule has 0 unspecified atom stereocenters. The average molecular weight is 384 g/mol. The van der Waals surface area contributed by atoms with Crippen LogP contribution in [0.15, 0.2) is 27.1 Å². The number of benzene rings is 1. The maximum Gasteiger partial charge on any atom is 0.289 e. The first-order valence-corrected chi connectivity index (χ1v) is 8.33. The van der Waals surface area contributed by atoms with Crippen LogP contribution in [0.5, 0.6) is 0 Å². The molecule has 1 amide bonds. The fourth-order valence-corrected chi connectivity index (χ4v) is 2.82. The lowest BCUT2D eigenvalue weighted by atomic mass is 10.1. The number of halogens is 1. The van der Waals surface area contributed by atoms with Crippen LogP contribution in [0.2, 0.25) is 0 Å².